The van der Waals surface area contributed by atoms with Crippen LogP contribution in [-0.4, -0.2) is 85.6 Å². The van der Waals surface area contributed by atoms with E-state index in [1.54, 1.807) is 0 Å². The first-order valence-electron chi connectivity index (χ1n) is 7.13. The molecular formula is C13H32N4O2. The fourth-order valence-electron chi connectivity index (χ4n) is 1.99. The van der Waals surface area contributed by atoms with E-state index in [4.69, 9.17) is 11.5 Å². The summed E-state index contributed by atoms with van der Waals surface area (Å²) in [5.74, 6) is 0. The minimum atomic E-state index is -0.422. The van der Waals surface area contributed by atoms with Crippen molar-refractivity contribution in [1.29, 1.82) is 0 Å². The number of nitrogens with two attached hydrogens (primary N) is 2. The van der Waals surface area contributed by atoms with Gasteiger partial charge in [0.05, 0.1) is 12.2 Å². The molecular weight excluding hydrogens is 244 g/mol. The van der Waals surface area contributed by atoms with Crippen molar-refractivity contribution in [2.75, 3.05) is 53.4 Å². The van der Waals surface area contributed by atoms with E-state index < -0.39 is 12.2 Å². The number of hydrogen-bond acceptors (Lipinski definition) is 6. The first-order valence-corrected chi connectivity index (χ1v) is 7.13. The number of hydrogen-bond donors (Lipinski definition) is 4. The highest BCUT2D eigenvalue weighted by atomic mass is 16.3. The highest BCUT2D eigenvalue weighted by Gasteiger charge is 2.07. The van der Waals surface area contributed by atoms with Crippen LogP contribution in [0.15, 0.2) is 0 Å². The van der Waals surface area contributed by atoms with Gasteiger partial charge in [0, 0.05) is 26.2 Å². The number of rotatable bonds is 12. The topological polar surface area (TPSA) is 99.0 Å². The minimum absolute atomic E-state index is 0.318. The molecule has 0 aliphatic carbocycles. The van der Waals surface area contributed by atoms with Crippen molar-refractivity contribution in [2.45, 2.75) is 31.5 Å². The Morgan fingerprint density at radius 1 is 0.789 bits per heavy atom. The van der Waals surface area contributed by atoms with Crippen LogP contribution in [0.2, 0.25) is 0 Å². The largest absolute Gasteiger partial charge is 0.390 e. The molecule has 0 rings (SSSR count). The lowest BCUT2D eigenvalue weighted by atomic mass is 10.2. The smallest absolute Gasteiger partial charge is 0.0788 e. The molecule has 0 aliphatic rings. The Labute approximate surface area is 117 Å². The lowest BCUT2D eigenvalue weighted by molar-refractivity contribution is 0.128. The van der Waals surface area contributed by atoms with Crippen LogP contribution in [0.25, 0.3) is 0 Å². The Morgan fingerprint density at radius 2 is 1.16 bits per heavy atom. The predicted octanol–water partition coefficient (Wildman–Crippen LogP) is -1.34. The van der Waals surface area contributed by atoms with Crippen LogP contribution in [0.5, 0.6) is 0 Å². The summed E-state index contributed by atoms with van der Waals surface area (Å²) in [5.41, 5.74) is 10.7. The van der Waals surface area contributed by atoms with E-state index >= 15 is 0 Å². The summed E-state index contributed by atoms with van der Waals surface area (Å²) < 4.78 is 0. The van der Waals surface area contributed by atoms with Crippen LogP contribution in [0.3, 0.4) is 0 Å². The van der Waals surface area contributed by atoms with Gasteiger partial charge in [-0.1, -0.05) is 6.42 Å². The molecule has 0 amide bonds. The third-order valence-corrected chi connectivity index (χ3v) is 3.17. The predicted molar refractivity (Wildman–Crippen MR) is 79.0 cm³/mol. The van der Waals surface area contributed by atoms with Crippen LogP contribution in [0.1, 0.15) is 19.3 Å². The summed E-state index contributed by atoms with van der Waals surface area (Å²) in [6, 6.07) is 0. The van der Waals surface area contributed by atoms with E-state index in [9.17, 15) is 10.2 Å². The van der Waals surface area contributed by atoms with Gasteiger partial charge in [0.2, 0.25) is 0 Å². The molecule has 0 radical (unpaired) electrons. The molecule has 0 fully saturated rings. The Hall–Kier alpha value is -0.240. The second kappa shape index (κ2) is 11.6. The quantitative estimate of drug-likeness (QED) is 0.329. The van der Waals surface area contributed by atoms with E-state index in [0.717, 1.165) is 32.4 Å². The molecule has 0 heterocycles. The molecule has 0 aromatic heterocycles. The average molecular weight is 276 g/mol. The highest BCUT2D eigenvalue weighted by Crippen LogP contribution is 2.00. The number of nitrogens with zero attached hydrogens (tertiary/aromatic N) is 2. The van der Waals surface area contributed by atoms with Gasteiger partial charge in [-0.15, -0.1) is 0 Å². The molecule has 6 nitrogen and oxygen atoms in total. The molecule has 2 atom stereocenters. The second-order valence-corrected chi connectivity index (χ2v) is 5.36. The Kier molecular flexibility index (Phi) is 11.4. The van der Waals surface area contributed by atoms with Gasteiger partial charge in [0.15, 0.2) is 0 Å². The van der Waals surface area contributed by atoms with Crippen molar-refractivity contribution in [3.05, 3.63) is 0 Å². The summed E-state index contributed by atoms with van der Waals surface area (Å²) in [4.78, 5) is 4.22. The van der Waals surface area contributed by atoms with Crippen molar-refractivity contribution in [1.82, 2.24) is 9.80 Å². The van der Waals surface area contributed by atoms with Crippen molar-refractivity contribution >= 4 is 0 Å². The zero-order chi connectivity index (χ0) is 14.7. The summed E-state index contributed by atoms with van der Waals surface area (Å²) in [6.07, 6.45) is 2.52. The molecule has 0 aromatic carbocycles. The maximum Gasteiger partial charge on any atom is 0.0788 e. The van der Waals surface area contributed by atoms with Gasteiger partial charge in [-0.3, -0.25) is 0 Å². The van der Waals surface area contributed by atoms with Crippen LogP contribution < -0.4 is 11.5 Å². The van der Waals surface area contributed by atoms with E-state index in [1.165, 1.54) is 0 Å². The van der Waals surface area contributed by atoms with Gasteiger partial charge < -0.3 is 31.5 Å². The van der Waals surface area contributed by atoms with Gasteiger partial charge in [0.25, 0.3) is 0 Å². The number of aliphatic hydroxyl groups is 2. The summed E-state index contributed by atoms with van der Waals surface area (Å²) in [6.45, 7) is 3.87. The summed E-state index contributed by atoms with van der Waals surface area (Å²) >= 11 is 0. The molecule has 0 aliphatic heterocycles. The Bertz CT molecular complexity index is 187. The van der Waals surface area contributed by atoms with Gasteiger partial charge in [-0.25, -0.2) is 0 Å². The fourth-order valence-corrected chi connectivity index (χ4v) is 1.99. The zero-order valence-corrected chi connectivity index (χ0v) is 12.5. The molecule has 2 unspecified atom stereocenters. The molecule has 0 aromatic rings. The van der Waals surface area contributed by atoms with Gasteiger partial charge in [-0.2, -0.15) is 0 Å². The molecule has 6 N–H and O–H groups in total. The normalized spacial score (nSPS) is 15.2. The highest BCUT2D eigenvalue weighted by molar-refractivity contribution is 4.63. The van der Waals surface area contributed by atoms with Crippen molar-refractivity contribution in [2.24, 2.45) is 11.5 Å². The third-order valence-electron chi connectivity index (χ3n) is 3.17. The molecule has 116 valence electrons. The van der Waals surface area contributed by atoms with Crippen LogP contribution >= 0.6 is 0 Å². The number of likely N-dealkylation sites (N-methyl/N-ethyl adjacent to an activating group) is 2. The van der Waals surface area contributed by atoms with Crippen molar-refractivity contribution in [3.63, 3.8) is 0 Å². The van der Waals surface area contributed by atoms with Gasteiger partial charge >= 0.3 is 0 Å². The lowest BCUT2D eigenvalue weighted by Gasteiger charge is -2.21. The van der Waals surface area contributed by atoms with Crippen molar-refractivity contribution < 1.29 is 10.2 Å². The molecule has 19 heavy (non-hydrogen) atoms. The maximum absolute atomic E-state index is 9.40. The standard InChI is InChI=1S/C13H32N4O2/c1-16(10-12(18)8-14)6-4-3-5-7-17(2)11-13(19)9-15/h12-13,18-19H,3-11,14-15H2,1-2H3. The van der Waals surface area contributed by atoms with Gasteiger partial charge in [-0.05, 0) is 40.0 Å². The van der Waals surface area contributed by atoms with Crippen LogP contribution in [0.4, 0.5) is 0 Å². The second-order valence-electron chi connectivity index (χ2n) is 5.36. The van der Waals surface area contributed by atoms with E-state index in [0.29, 0.717) is 26.2 Å². The Morgan fingerprint density at radius 3 is 1.47 bits per heavy atom. The third kappa shape index (κ3) is 11.3. The molecule has 0 saturated heterocycles. The van der Waals surface area contributed by atoms with Gasteiger partial charge in [0.1, 0.15) is 0 Å². The molecule has 0 saturated carbocycles. The number of unbranched alkanes of at least 4 members (excludes halogenated alkanes) is 2. The van der Waals surface area contributed by atoms with Crippen LogP contribution in [-0.2, 0) is 0 Å². The minimum Gasteiger partial charge on any atom is -0.390 e. The first kappa shape index (κ1) is 18.8. The molecule has 0 spiro atoms. The average Bonchev–Trinajstić information content (AvgIpc) is 2.37. The molecule has 6 heteroatoms. The van der Waals surface area contributed by atoms with E-state index in [-0.39, 0.29) is 0 Å². The van der Waals surface area contributed by atoms with E-state index in [2.05, 4.69) is 9.80 Å². The van der Waals surface area contributed by atoms with Crippen molar-refractivity contribution in [3.8, 4) is 0 Å². The monoisotopic (exact) mass is 276 g/mol. The SMILES string of the molecule is CN(CCCCCN(C)CC(O)CN)CC(O)CN. The number of aliphatic hydroxyl groups excluding tert-OH is 2. The summed E-state index contributed by atoms with van der Waals surface area (Å²) in [7, 11) is 4.01. The summed E-state index contributed by atoms with van der Waals surface area (Å²) in [5, 5.41) is 18.8. The zero-order valence-electron chi connectivity index (χ0n) is 12.5. The molecule has 0 bridgehead atoms. The fraction of sp³-hybridized carbons (Fsp3) is 1.00. The first-order chi connectivity index (χ1) is 8.99. The van der Waals surface area contributed by atoms with E-state index in [1.807, 2.05) is 14.1 Å². The lowest BCUT2D eigenvalue weighted by Crippen LogP contribution is -2.35. The van der Waals surface area contributed by atoms with Crippen LogP contribution in [0, 0.1) is 0 Å². The maximum atomic E-state index is 9.40. The Balaban J connectivity index is 3.44.